The number of imide groups is 1. The number of carbonyl (C=O) groups is 3. The van der Waals surface area contributed by atoms with Crippen molar-refractivity contribution in [1.29, 1.82) is 0 Å². The summed E-state index contributed by atoms with van der Waals surface area (Å²) in [5.74, 6) is -0.814. The normalized spacial score (nSPS) is 21.1. The van der Waals surface area contributed by atoms with Crippen molar-refractivity contribution >= 4 is 29.4 Å². The first-order chi connectivity index (χ1) is 8.45. The van der Waals surface area contributed by atoms with Gasteiger partial charge in [0.25, 0.3) is 0 Å². The van der Waals surface area contributed by atoms with E-state index in [1.54, 1.807) is 7.05 Å². The van der Waals surface area contributed by atoms with Crippen LogP contribution in [0.4, 0.5) is 4.79 Å². The first kappa shape index (κ1) is 14.8. The summed E-state index contributed by atoms with van der Waals surface area (Å²) >= 11 is 5.57. The fraction of sp³-hybridized carbons (Fsp3) is 0.727. The second-order valence-electron chi connectivity index (χ2n) is 4.31. The minimum absolute atomic E-state index is 0.0791. The van der Waals surface area contributed by atoms with E-state index in [1.807, 2.05) is 0 Å². The Hall–Kier alpha value is -1.30. The summed E-state index contributed by atoms with van der Waals surface area (Å²) in [5, 5.41) is 4.02. The van der Waals surface area contributed by atoms with Crippen molar-refractivity contribution in [1.82, 2.24) is 15.5 Å². The van der Waals surface area contributed by atoms with Gasteiger partial charge in [-0.1, -0.05) is 0 Å². The van der Waals surface area contributed by atoms with Gasteiger partial charge in [0.1, 0.15) is 5.38 Å². The number of halogens is 1. The molecule has 0 aromatic heterocycles. The standard InChI is InChI=1S/C11H18ClN3O3/c1-7(12)9(16)14-11(18)15-5-3-4-8(6-15)10(17)13-2/h7-8H,3-6H2,1-2H3,(H,13,17)(H,14,16,18). The van der Waals surface area contributed by atoms with Crippen molar-refractivity contribution in [3.63, 3.8) is 0 Å². The van der Waals surface area contributed by atoms with Crippen LogP contribution in [0.5, 0.6) is 0 Å². The highest BCUT2D eigenvalue weighted by atomic mass is 35.5. The van der Waals surface area contributed by atoms with E-state index in [0.29, 0.717) is 13.1 Å². The number of urea groups is 1. The lowest BCUT2D eigenvalue weighted by atomic mass is 9.97. The maximum atomic E-state index is 11.8. The van der Waals surface area contributed by atoms with E-state index >= 15 is 0 Å². The molecule has 7 heteroatoms. The molecule has 0 aliphatic carbocycles. The number of rotatable bonds is 2. The van der Waals surface area contributed by atoms with Crippen LogP contribution in [0.3, 0.4) is 0 Å². The van der Waals surface area contributed by atoms with Crippen LogP contribution in [0.1, 0.15) is 19.8 Å². The molecular formula is C11H18ClN3O3. The second-order valence-corrected chi connectivity index (χ2v) is 4.96. The van der Waals surface area contributed by atoms with Gasteiger partial charge in [0.15, 0.2) is 0 Å². The van der Waals surface area contributed by atoms with Gasteiger partial charge >= 0.3 is 6.03 Å². The lowest BCUT2D eigenvalue weighted by molar-refractivity contribution is -0.125. The Morgan fingerprint density at radius 2 is 2.06 bits per heavy atom. The summed E-state index contributed by atoms with van der Waals surface area (Å²) in [6.45, 7) is 2.37. The van der Waals surface area contributed by atoms with Crippen LogP contribution >= 0.6 is 11.6 Å². The molecule has 0 saturated carbocycles. The van der Waals surface area contributed by atoms with E-state index in [9.17, 15) is 14.4 Å². The molecule has 2 unspecified atom stereocenters. The Balaban J connectivity index is 2.53. The molecule has 2 atom stereocenters. The summed E-state index contributed by atoms with van der Waals surface area (Å²) < 4.78 is 0. The summed E-state index contributed by atoms with van der Waals surface area (Å²) in [5.41, 5.74) is 0. The highest BCUT2D eigenvalue weighted by Gasteiger charge is 2.28. The van der Waals surface area contributed by atoms with E-state index in [2.05, 4.69) is 10.6 Å². The Morgan fingerprint density at radius 1 is 1.39 bits per heavy atom. The molecule has 18 heavy (non-hydrogen) atoms. The van der Waals surface area contributed by atoms with Gasteiger partial charge in [-0.25, -0.2) is 4.79 Å². The topological polar surface area (TPSA) is 78.5 Å². The van der Waals surface area contributed by atoms with Gasteiger partial charge in [-0.3, -0.25) is 14.9 Å². The molecule has 102 valence electrons. The highest BCUT2D eigenvalue weighted by molar-refractivity contribution is 6.31. The number of alkyl halides is 1. The maximum Gasteiger partial charge on any atom is 0.324 e. The van der Waals surface area contributed by atoms with Crippen molar-refractivity contribution in [3.8, 4) is 0 Å². The fourth-order valence-corrected chi connectivity index (χ4v) is 1.92. The van der Waals surface area contributed by atoms with Gasteiger partial charge in [0.05, 0.1) is 5.92 Å². The second kappa shape index (κ2) is 6.58. The number of hydrogen-bond donors (Lipinski definition) is 2. The van der Waals surface area contributed by atoms with Crippen molar-refractivity contribution in [2.75, 3.05) is 20.1 Å². The molecule has 4 amide bonds. The Morgan fingerprint density at radius 3 is 2.61 bits per heavy atom. The Bertz CT molecular complexity index is 346. The minimum Gasteiger partial charge on any atom is -0.359 e. The predicted molar refractivity (Wildman–Crippen MR) is 67.2 cm³/mol. The van der Waals surface area contributed by atoms with Crippen molar-refractivity contribution < 1.29 is 14.4 Å². The van der Waals surface area contributed by atoms with E-state index in [1.165, 1.54) is 11.8 Å². The smallest absolute Gasteiger partial charge is 0.324 e. The average molecular weight is 276 g/mol. The zero-order valence-corrected chi connectivity index (χ0v) is 11.3. The molecule has 0 aromatic rings. The number of likely N-dealkylation sites (tertiary alicyclic amines) is 1. The van der Waals surface area contributed by atoms with E-state index in [4.69, 9.17) is 11.6 Å². The first-order valence-electron chi connectivity index (χ1n) is 5.91. The summed E-state index contributed by atoms with van der Waals surface area (Å²) in [4.78, 5) is 36.1. The van der Waals surface area contributed by atoms with E-state index in [-0.39, 0.29) is 11.8 Å². The molecule has 0 spiro atoms. The van der Waals surface area contributed by atoms with Crippen LogP contribution in [-0.4, -0.2) is 48.3 Å². The minimum atomic E-state index is -0.756. The molecule has 1 aliphatic rings. The van der Waals surface area contributed by atoms with Gasteiger partial charge < -0.3 is 10.2 Å². The quantitative estimate of drug-likeness (QED) is 0.712. The van der Waals surface area contributed by atoms with Gasteiger partial charge in [0.2, 0.25) is 11.8 Å². The number of nitrogens with zero attached hydrogens (tertiary/aromatic N) is 1. The van der Waals surface area contributed by atoms with Crippen molar-refractivity contribution in [3.05, 3.63) is 0 Å². The third kappa shape index (κ3) is 3.87. The lowest BCUT2D eigenvalue weighted by Crippen LogP contribution is -2.50. The maximum absolute atomic E-state index is 11.8. The van der Waals surface area contributed by atoms with Gasteiger partial charge in [0, 0.05) is 20.1 Å². The van der Waals surface area contributed by atoms with Crippen molar-refractivity contribution in [2.24, 2.45) is 5.92 Å². The number of piperidine rings is 1. The molecule has 0 aromatic carbocycles. The SMILES string of the molecule is CNC(=O)C1CCCN(C(=O)NC(=O)C(C)Cl)C1. The average Bonchev–Trinajstić information content (AvgIpc) is 2.37. The molecule has 6 nitrogen and oxygen atoms in total. The largest absolute Gasteiger partial charge is 0.359 e. The molecule has 0 bridgehead atoms. The molecular weight excluding hydrogens is 258 g/mol. The third-order valence-electron chi connectivity index (χ3n) is 2.92. The Labute approximate surface area is 111 Å². The molecule has 1 heterocycles. The molecule has 1 fully saturated rings. The number of carbonyl (C=O) groups excluding carboxylic acids is 3. The predicted octanol–water partition coefficient (Wildman–Crippen LogP) is 0.308. The van der Waals surface area contributed by atoms with Gasteiger partial charge in [-0.2, -0.15) is 0 Å². The highest BCUT2D eigenvalue weighted by Crippen LogP contribution is 2.16. The van der Waals surface area contributed by atoms with E-state index in [0.717, 1.165) is 12.8 Å². The first-order valence-corrected chi connectivity index (χ1v) is 6.34. The molecule has 2 N–H and O–H groups in total. The number of amides is 4. The molecule has 1 saturated heterocycles. The molecule has 1 rings (SSSR count). The number of nitrogens with one attached hydrogen (secondary N) is 2. The van der Waals surface area contributed by atoms with Crippen LogP contribution in [0, 0.1) is 5.92 Å². The summed E-state index contributed by atoms with van der Waals surface area (Å²) in [7, 11) is 1.57. The van der Waals surface area contributed by atoms with Gasteiger partial charge in [-0.15, -0.1) is 11.6 Å². The zero-order chi connectivity index (χ0) is 13.7. The van der Waals surface area contributed by atoms with Crippen LogP contribution in [0.15, 0.2) is 0 Å². The zero-order valence-electron chi connectivity index (χ0n) is 10.5. The van der Waals surface area contributed by atoms with Crippen LogP contribution in [0.2, 0.25) is 0 Å². The summed E-state index contributed by atoms with van der Waals surface area (Å²) in [6.07, 6.45) is 1.50. The monoisotopic (exact) mass is 275 g/mol. The van der Waals surface area contributed by atoms with Crippen LogP contribution in [0.25, 0.3) is 0 Å². The van der Waals surface area contributed by atoms with Gasteiger partial charge in [-0.05, 0) is 19.8 Å². The summed E-state index contributed by atoms with van der Waals surface area (Å²) in [6, 6.07) is -0.485. The lowest BCUT2D eigenvalue weighted by Gasteiger charge is -2.31. The molecule has 1 aliphatic heterocycles. The molecule has 0 radical (unpaired) electrons. The third-order valence-corrected chi connectivity index (χ3v) is 3.12. The van der Waals surface area contributed by atoms with Crippen molar-refractivity contribution in [2.45, 2.75) is 25.1 Å². The Kier molecular flexibility index (Phi) is 5.40. The fourth-order valence-electron chi connectivity index (χ4n) is 1.86. The van der Waals surface area contributed by atoms with Crippen LogP contribution in [-0.2, 0) is 9.59 Å². The number of hydrogen-bond acceptors (Lipinski definition) is 3. The van der Waals surface area contributed by atoms with Crippen LogP contribution < -0.4 is 10.6 Å². The van der Waals surface area contributed by atoms with E-state index < -0.39 is 17.3 Å².